The number of nitrogens with one attached hydrogen (secondary N) is 2. The molecule has 6 heteroatoms. The summed E-state index contributed by atoms with van der Waals surface area (Å²) in [6.07, 6.45) is 1.18. The molecule has 0 saturated carbocycles. The smallest absolute Gasteiger partial charge is 0.256 e. The number of aromatic nitrogens is 1. The molecule has 6 nitrogen and oxygen atoms in total. The first-order valence-corrected chi connectivity index (χ1v) is 5.93. The van der Waals surface area contributed by atoms with E-state index in [1.54, 1.807) is 13.2 Å². The largest absolute Gasteiger partial charge is 0.507 e. The minimum absolute atomic E-state index is 0.0134. The third-order valence-electron chi connectivity index (χ3n) is 2.78. The van der Waals surface area contributed by atoms with Gasteiger partial charge in [-0.05, 0) is 6.07 Å². The second-order valence-corrected chi connectivity index (χ2v) is 4.09. The number of rotatable bonds is 4. The van der Waals surface area contributed by atoms with Crippen molar-refractivity contribution in [3.05, 3.63) is 58.0 Å². The monoisotopic (exact) mass is 274 g/mol. The molecule has 0 fully saturated rings. The standard InChI is InChI=1S/C14H14N2O4/c1-20-12-5-3-2-4-9(12)7-16-14(19)10-8-15-13(18)6-11(10)17/h2-6,8H,7H2,1H3,(H,16,19)(H2,15,17,18). The number of aromatic hydroxyl groups is 1. The summed E-state index contributed by atoms with van der Waals surface area (Å²) in [6.45, 7) is 0.251. The topological polar surface area (TPSA) is 91.4 Å². The molecule has 1 heterocycles. The van der Waals surface area contributed by atoms with Gasteiger partial charge in [0.2, 0.25) is 0 Å². The molecule has 0 atom stereocenters. The number of amides is 1. The molecule has 0 aliphatic rings. The van der Waals surface area contributed by atoms with Crippen LogP contribution in [0.15, 0.2) is 41.3 Å². The van der Waals surface area contributed by atoms with Crippen LogP contribution in [0.3, 0.4) is 0 Å². The molecular weight excluding hydrogens is 260 g/mol. The molecule has 3 N–H and O–H groups in total. The molecule has 0 saturated heterocycles. The van der Waals surface area contributed by atoms with Crippen molar-refractivity contribution in [2.24, 2.45) is 0 Å². The Morgan fingerprint density at radius 1 is 1.40 bits per heavy atom. The molecule has 0 bridgehead atoms. The summed E-state index contributed by atoms with van der Waals surface area (Å²) < 4.78 is 5.17. The van der Waals surface area contributed by atoms with E-state index >= 15 is 0 Å². The van der Waals surface area contributed by atoms with Gasteiger partial charge in [-0.1, -0.05) is 18.2 Å². The Morgan fingerprint density at radius 3 is 2.85 bits per heavy atom. The molecule has 0 spiro atoms. The number of hydrogen-bond donors (Lipinski definition) is 3. The zero-order valence-electron chi connectivity index (χ0n) is 10.8. The summed E-state index contributed by atoms with van der Waals surface area (Å²) >= 11 is 0. The van der Waals surface area contributed by atoms with E-state index in [0.717, 1.165) is 11.6 Å². The minimum atomic E-state index is -0.482. The summed E-state index contributed by atoms with van der Waals surface area (Å²) in [5.74, 6) is -0.172. The highest BCUT2D eigenvalue weighted by atomic mass is 16.5. The van der Waals surface area contributed by atoms with Crippen LogP contribution in [0.25, 0.3) is 0 Å². The second-order valence-electron chi connectivity index (χ2n) is 4.09. The van der Waals surface area contributed by atoms with E-state index in [4.69, 9.17) is 4.74 Å². The van der Waals surface area contributed by atoms with Crippen molar-refractivity contribution in [2.75, 3.05) is 7.11 Å². The number of aromatic amines is 1. The van der Waals surface area contributed by atoms with Crippen molar-refractivity contribution in [1.82, 2.24) is 10.3 Å². The quantitative estimate of drug-likeness (QED) is 0.776. The number of methoxy groups -OCH3 is 1. The molecule has 1 amide bonds. The molecule has 0 aliphatic carbocycles. The Hall–Kier alpha value is -2.76. The van der Waals surface area contributed by atoms with Crippen molar-refractivity contribution in [3.8, 4) is 11.5 Å². The summed E-state index contributed by atoms with van der Waals surface area (Å²) in [4.78, 5) is 25.2. The summed E-state index contributed by atoms with van der Waals surface area (Å²) in [7, 11) is 1.55. The molecule has 2 rings (SSSR count). The average molecular weight is 274 g/mol. The van der Waals surface area contributed by atoms with Crippen molar-refractivity contribution in [1.29, 1.82) is 0 Å². The predicted octanol–water partition coefficient (Wildman–Crippen LogP) is 1.02. The van der Waals surface area contributed by atoms with Gasteiger partial charge in [-0.3, -0.25) is 9.59 Å². The number of pyridine rings is 1. The summed E-state index contributed by atoms with van der Waals surface area (Å²) in [5, 5.41) is 12.2. The maximum atomic E-state index is 11.9. The molecule has 0 radical (unpaired) electrons. The number of carbonyl (C=O) groups excluding carboxylic acids is 1. The maximum Gasteiger partial charge on any atom is 0.256 e. The number of carbonyl (C=O) groups is 1. The zero-order chi connectivity index (χ0) is 14.5. The van der Waals surface area contributed by atoms with Crippen LogP contribution in [0.1, 0.15) is 15.9 Å². The highest BCUT2D eigenvalue weighted by molar-refractivity contribution is 5.96. The molecule has 1 aromatic heterocycles. The molecule has 104 valence electrons. The van der Waals surface area contributed by atoms with E-state index in [1.807, 2.05) is 18.2 Å². The second kappa shape index (κ2) is 5.92. The van der Waals surface area contributed by atoms with E-state index in [-0.39, 0.29) is 17.9 Å². The van der Waals surface area contributed by atoms with Gasteiger partial charge >= 0.3 is 0 Å². The Kier molecular flexibility index (Phi) is 4.05. The van der Waals surface area contributed by atoms with Crippen LogP contribution in [-0.4, -0.2) is 23.1 Å². The maximum absolute atomic E-state index is 11.9. The van der Waals surface area contributed by atoms with Crippen LogP contribution in [-0.2, 0) is 6.54 Å². The highest BCUT2D eigenvalue weighted by Crippen LogP contribution is 2.17. The van der Waals surface area contributed by atoms with Gasteiger partial charge in [0, 0.05) is 24.4 Å². The normalized spacial score (nSPS) is 10.1. The van der Waals surface area contributed by atoms with E-state index < -0.39 is 11.5 Å². The summed E-state index contributed by atoms with van der Waals surface area (Å²) in [5.41, 5.74) is 0.357. The van der Waals surface area contributed by atoms with E-state index in [2.05, 4.69) is 10.3 Å². The van der Waals surface area contributed by atoms with Gasteiger partial charge in [0.1, 0.15) is 11.5 Å². The van der Waals surface area contributed by atoms with Crippen LogP contribution < -0.4 is 15.6 Å². The van der Waals surface area contributed by atoms with Crippen LogP contribution in [0.5, 0.6) is 11.5 Å². The number of ether oxygens (including phenoxy) is 1. The number of H-pyrrole nitrogens is 1. The van der Waals surface area contributed by atoms with E-state index in [0.29, 0.717) is 5.75 Å². The molecular formula is C14H14N2O4. The van der Waals surface area contributed by atoms with Gasteiger partial charge in [-0.2, -0.15) is 0 Å². The Bertz CT molecular complexity index is 679. The lowest BCUT2D eigenvalue weighted by molar-refractivity contribution is 0.0947. The van der Waals surface area contributed by atoms with Gasteiger partial charge in [0.05, 0.1) is 12.7 Å². The first kappa shape index (κ1) is 13.7. The molecule has 2 aromatic rings. The third kappa shape index (κ3) is 2.97. The first-order chi connectivity index (χ1) is 9.61. The van der Waals surface area contributed by atoms with Crippen LogP contribution in [0, 0.1) is 0 Å². The van der Waals surface area contributed by atoms with Crippen molar-refractivity contribution < 1.29 is 14.6 Å². The summed E-state index contributed by atoms with van der Waals surface area (Å²) in [6, 6.07) is 8.24. The van der Waals surface area contributed by atoms with Crippen LogP contribution in [0.4, 0.5) is 0 Å². The number of benzene rings is 1. The van der Waals surface area contributed by atoms with E-state index in [1.165, 1.54) is 6.20 Å². The number of para-hydroxylation sites is 1. The van der Waals surface area contributed by atoms with Crippen molar-refractivity contribution in [3.63, 3.8) is 0 Å². The van der Waals surface area contributed by atoms with Crippen LogP contribution in [0.2, 0.25) is 0 Å². The van der Waals surface area contributed by atoms with Gasteiger partial charge < -0.3 is 20.1 Å². The molecule has 1 aromatic carbocycles. The third-order valence-corrected chi connectivity index (χ3v) is 2.78. The minimum Gasteiger partial charge on any atom is -0.507 e. The van der Waals surface area contributed by atoms with Gasteiger partial charge in [0.15, 0.2) is 0 Å². The Labute approximate surface area is 115 Å². The fourth-order valence-corrected chi connectivity index (χ4v) is 1.76. The lowest BCUT2D eigenvalue weighted by atomic mass is 10.2. The first-order valence-electron chi connectivity index (χ1n) is 5.93. The predicted molar refractivity (Wildman–Crippen MR) is 72.9 cm³/mol. The van der Waals surface area contributed by atoms with Gasteiger partial charge in [-0.25, -0.2) is 0 Å². The van der Waals surface area contributed by atoms with Crippen LogP contribution >= 0.6 is 0 Å². The molecule has 0 unspecified atom stereocenters. The Morgan fingerprint density at radius 2 is 2.15 bits per heavy atom. The molecule has 20 heavy (non-hydrogen) atoms. The lowest BCUT2D eigenvalue weighted by Crippen LogP contribution is -2.24. The van der Waals surface area contributed by atoms with Crippen molar-refractivity contribution in [2.45, 2.75) is 6.54 Å². The average Bonchev–Trinajstić information content (AvgIpc) is 2.45. The van der Waals surface area contributed by atoms with E-state index in [9.17, 15) is 14.7 Å². The molecule has 0 aliphatic heterocycles. The SMILES string of the molecule is COc1ccccc1CNC(=O)c1c[nH]c(=O)cc1O. The lowest BCUT2D eigenvalue weighted by Gasteiger charge is -2.10. The zero-order valence-corrected chi connectivity index (χ0v) is 10.8. The fraction of sp³-hybridized carbons (Fsp3) is 0.143. The van der Waals surface area contributed by atoms with Gasteiger partial charge in [-0.15, -0.1) is 0 Å². The number of hydrogen-bond acceptors (Lipinski definition) is 4. The highest BCUT2D eigenvalue weighted by Gasteiger charge is 2.12. The fourth-order valence-electron chi connectivity index (χ4n) is 1.76. The van der Waals surface area contributed by atoms with Gasteiger partial charge in [0.25, 0.3) is 11.5 Å². The Balaban J connectivity index is 2.10. The van der Waals surface area contributed by atoms with Crippen molar-refractivity contribution >= 4 is 5.91 Å².